The molecule has 1 fully saturated rings. The molecule has 5 rings (SSSR count). The molecule has 0 saturated carbocycles. The number of ether oxygens (including phenoxy) is 2. The minimum absolute atomic E-state index is 0.00538. The fourth-order valence-electron chi connectivity index (χ4n) is 5.52. The molecule has 2 heterocycles. The summed E-state index contributed by atoms with van der Waals surface area (Å²) < 4.78 is 11.4. The number of rotatable bonds is 1. The third-order valence-electron chi connectivity index (χ3n) is 6.56. The van der Waals surface area contributed by atoms with Gasteiger partial charge in [0.1, 0.15) is 18.2 Å². The first-order chi connectivity index (χ1) is 11.0. The van der Waals surface area contributed by atoms with E-state index in [1.807, 2.05) is 12.1 Å². The molecule has 4 aliphatic rings. The van der Waals surface area contributed by atoms with Crippen LogP contribution in [0, 0.1) is 10.6 Å². The number of hydroxylamine groups is 3. The smallest absolute Gasteiger partial charge is 0.165 e. The zero-order valence-corrected chi connectivity index (χ0v) is 13.4. The van der Waals surface area contributed by atoms with Crippen molar-refractivity contribution >= 4 is 0 Å². The van der Waals surface area contributed by atoms with Gasteiger partial charge in [0.15, 0.2) is 11.5 Å². The van der Waals surface area contributed by atoms with Crippen LogP contribution in [0.2, 0.25) is 0 Å². The standard InChI is InChI=1S/C18H21NO4/c1-19(21)8-7-18-6-5-11(20)16-15(18)14-10(9-13(18)19)3-4-12(22-2)17(14)23-16/h3-6,11,13,15-16,20H,7-9H2,1-2H3/t11-,13+,15-,16-,18+,19?/m0/s1. The van der Waals surface area contributed by atoms with Gasteiger partial charge in [0.2, 0.25) is 0 Å². The number of hydrogen-bond acceptors (Lipinski definition) is 4. The normalized spacial score (nSPS) is 45.4. The fourth-order valence-corrected chi connectivity index (χ4v) is 5.52. The van der Waals surface area contributed by atoms with Crippen molar-refractivity contribution in [3.8, 4) is 11.5 Å². The number of aliphatic hydroxyl groups excluding tert-OH is 1. The first-order valence-corrected chi connectivity index (χ1v) is 8.28. The van der Waals surface area contributed by atoms with Gasteiger partial charge in [-0.05, 0) is 11.6 Å². The molecular weight excluding hydrogens is 294 g/mol. The summed E-state index contributed by atoms with van der Waals surface area (Å²) in [7, 11) is 3.43. The molecule has 1 saturated heterocycles. The molecule has 0 amide bonds. The van der Waals surface area contributed by atoms with Crippen LogP contribution in [0.1, 0.15) is 23.5 Å². The van der Waals surface area contributed by atoms with Crippen LogP contribution in [0.5, 0.6) is 11.5 Å². The Morgan fingerprint density at radius 3 is 3.04 bits per heavy atom. The van der Waals surface area contributed by atoms with Crippen molar-refractivity contribution in [2.24, 2.45) is 5.41 Å². The highest BCUT2D eigenvalue weighted by Crippen LogP contribution is 2.64. The maximum atomic E-state index is 13.0. The van der Waals surface area contributed by atoms with Crippen molar-refractivity contribution < 1.29 is 19.2 Å². The first-order valence-electron chi connectivity index (χ1n) is 8.28. The van der Waals surface area contributed by atoms with Crippen LogP contribution in [0.3, 0.4) is 0 Å². The summed E-state index contributed by atoms with van der Waals surface area (Å²) in [5.74, 6) is 1.54. The molecule has 1 aromatic carbocycles. The predicted octanol–water partition coefficient (Wildman–Crippen LogP) is 1.73. The van der Waals surface area contributed by atoms with Gasteiger partial charge in [0, 0.05) is 24.3 Å². The third-order valence-corrected chi connectivity index (χ3v) is 6.56. The van der Waals surface area contributed by atoms with Gasteiger partial charge in [-0.25, -0.2) is 0 Å². The van der Waals surface area contributed by atoms with Gasteiger partial charge in [0.25, 0.3) is 0 Å². The Balaban J connectivity index is 1.79. The van der Waals surface area contributed by atoms with Crippen LogP contribution in [0.25, 0.3) is 0 Å². The van der Waals surface area contributed by atoms with Gasteiger partial charge in [-0.1, -0.05) is 18.2 Å². The van der Waals surface area contributed by atoms with E-state index < -0.39 is 6.10 Å². The van der Waals surface area contributed by atoms with E-state index in [4.69, 9.17) is 9.47 Å². The van der Waals surface area contributed by atoms with Gasteiger partial charge in [-0.15, -0.1) is 0 Å². The van der Waals surface area contributed by atoms with E-state index in [1.54, 1.807) is 14.2 Å². The molecule has 0 bridgehead atoms. The van der Waals surface area contributed by atoms with Crippen LogP contribution in [-0.4, -0.2) is 48.7 Å². The lowest BCUT2D eigenvalue weighted by Crippen LogP contribution is -2.56. The van der Waals surface area contributed by atoms with Crippen LogP contribution in [0.4, 0.5) is 0 Å². The number of likely N-dealkylation sites (tertiary alicyclic amines) is 1. The van der Waals surface area contributed by atoms with Gasteiger partial charge in [-0.3, -0.25) is 0 Å². The van der Waals surface area contributed by atoms with E-state index in [1.165, 1.54) is 5.56 Å². The quantitative estimate of drug-likeness (QED) is 0.487. The Morgan fingerprint density at radius 2 is 2.26 bits per heavy atom. The average molecular weight is 315 g/mol. The predicted molar refractivity (Wildman–Crippen MR) is 84.3 cm³/mol. The molecule has 0 aromatic heterocycles. The number of benzene rings is 1. The molecule has 122 valence electrons. The van der Waals surface area contributed by atoms with E-state index >= 15 is 0 Å². The largest absolute Gasteiger partial charge is 0.633 e. The molecule has 1 N–H and O–H groups in total. The second-order valence-electron chi connectivity index (χ2n) is 7.56. The van der Waals surface area contributed by atoms with Crippen molar-refractivity contribution in [1.29, 1.82) is 0 Å². The van der Waals surface area contributed by atoms with Gasteiger partial charge in [-0.2, -0.15) is 0 Å². The number of aliphatic hydroxyl groups is 1. The molecule has 1 aromatic rings. The van der Waals surface area contributed by atoms with Gasteiger partial charge >= 0.3 is 0 Å². The minimum atomic E-state index is -0.639. The summed E-state index contributed by atoms with van der Waals surface area (Å²) in [6.45, 7) is 0.620. The first kappa shape index (κ1) is 13.8. The Kier molecular flexibility index (Phi) is 2.46. The molecule has 23 heavy (non-hydrogen) atoms. The summed E-state index contributed by atoms with van der Waals surface area (Å²) >= 11 is 0. The second-order valence-corrected chi connectivity index (χ2v) is 7.56. The number of nitrogens with zero attached hydrogens (tertiary/aromatic N) is 1. The minimum Gasteiger partial charge on any atom is -0.633 e. The maximum Gasteiger partial charge on any atom is 0.165 e. The molecule has 5 nitrogen and oxygen atoms in total. The second kappa shape index (κ2) is 4.09. The zero-order valence-electron chi connectivity index (χ0n) is 13.4. The average Bonchev–Trinajstić information content (AvgIpc) is 3.06. The third kappa shape index (κ3) is 1.48. The lowest BCUT2D eigenvalue weighted by Gasteiger charge is -2.51. The Hall–Kier alpha value is -1.56. The zero-order chi connectivity index (χ0) is 16.0. The van der Waals surface area contributed by atoms with Crippen LogP contribution >= 0.6 is 0 Å². The maximum absolute atomic E-state index is 13.0. The van der Waals surface area contributed by atoms with Crippen molar-refractivity contribution in [2.45, 2.75) is 37.0 Å². The van der Waals surface area contributed by atoms with E-state index in [-0.39, 0.29) is 28.1 Å². The Morgan fingerprint density at radius 1 is 1.43 bits per heavy atom. The van der Waals surface area contributed by atoms with Gasteiger partial charge < -0.3 is 24.4 Å². The van der Waals surface area contributed by atoms with Gasteiger partial charge in [0.05, 0.1) is 26.1 Å². The summed E-state index contributed by atoms with van der Waals surface area (Å²) in [6.07, 6.45) is 4.61. The highest BCUT2D eigenvalue weighted by Gasteiger charge is 2.65. The Labute approximate surface area is 135 Å². The highest BCUT2D eigenvalue weighted by atomic mass is 16.5. The molecule has 2 aliphatic heterocycles. The van der Waals surface area contributed by atoms with E-state index in [0.717, 1.165) is 29.9 Å². The number of methoxy groups -OCH3 is 1. The van der Waals surface area contributed by atoms with Crippen molar-refractivity contribution in [3.63, 3.8) is 0 Å². The summed E-state index contributed by atoms with van der Waals surface area (Å²) in [5.41, 5.74) is 2.14. The van der Waals surface area contributed by atoms with E-state index in [2.05, 4.69) is 12.1 Å². The monoisotopic (exact) mass is 315 g/mol. The van der Waals surface area contributed by atoms with Crippen LogP contribution in [-0.2, 0) is 6.42 Å². The summed E-state index contributed by atoms with van der Waals surface area (Å²) in [4.78, 5) is 0. The lowest BCUT2D eigenvalue weighted by molar-refractivity contribution is -0.876. The van der Waals surface area contributed by atoms with Crippen molar-refractivity contribution in [2.75, 3.05) is 20.7 Å². The molecule has 1 spiro atoms. The number of hydrogen-bond donors (Lipinski definition) is 1. The van der Waals surface area contributed by atoms with E-state index in [9.17, 15) is 10.3 Å². The van der Waals surface area contributed by atoms with Crippen LogP contribution < -0.4 is 9.47 Å². The molecule has 0 radical (unpaired) electrons. The fraction of sp³-hybridized carbons (Fsp3) is 0.556. The molecule has 2 aliphatic carbocycles. The molecule has 1 unspecified atom stereocenters. The Bertz CT molecular complexity index is 728. The SMILES string of the molecule is COc1ccc2c3c1O[C@H]1[C@@H](O)C=C[C@]4(CC[N+](C)([O-])[C@@H]4C2)[C@@H]31. The summed E-state index contributed by atoms with van der Waals surface area (Å²) in [6, 6.07) is 3.98. The topological polar surface area (TPSA) is 61.8 Å². The number of quaternary nitrogens is 1. The van der Waals surface area contributed by atoms with E-state index in [0.29, 0.717) is 6.54 Å². The summed E-state index contributed by atoms with van der Waals surface area (Å²) in [5, 5.41) is 23.5. The molecular formula is C18H21NO4. The molecule has 5 heteroatoms. The van der Waals surface area contributed by atoms with Crippen molar-refractivity contribution in [1.82, 2.24) is 0 Å². The lowest BCUT2D eigenvalue weighted by atomic mass is 9.57. The highest BCUT2D eigenvalue weighted by molar-refractivity contribution is 5.59. The van der Waals surface area contributed by atoms with Crippen LogP contribution in [0.15, 0.2) is 24.3 Å². The molecule has 6 atom stereocenters. The number of likely N-dealkylation sites (N-methyl/N-ethyl adjacent to an activating group) is 1. The van der Waals surface area contributed by atoms with Crippen molar-refractivity contribution in [3.05, 3.63) is 40.6 Å².